The highest BCUT2D eigenvalue weighted by Gasteiger charge is 2.44. The van der Waals surface area contributed by atoms with E-state index < -0.39 is 0 Å². The molecule has 0 radical (unpaired) electrons. The first-order chi connectivity index (χ1) is 9.08. The van der Waals surface area contributed by atoms with Gasteiger partial charge in [0.25, 0.3) is 0 Å². The van der Waals surface area contributed by atoms with Crippen molar-refractivity contribution < 1.29 is 9.53 Å². The highest BCUT2D eigenvalue weighted by atomic mass is 32.2. The monoisotopic (exact) mass is 277 g/mol. The van der Waals surface area contributed by atoms with Crippen LogP contribution in [0.3, 0.4) is 0 Å². The van der Waals surface area contributed by atoms with Gasteiger partial charge in [0, 0.05) is 5.75 Å². The Morgan fingerprint density at radius 2 is 2.37 bits per heavy atom. The minimum absolute atomic E-state index is 0.0492. The Bertz CT molecular complexity index is 535. The molecule has 0 aromatic carbocycles. The van der Waals surface area contributed by atoms with Crippen LogP contribution in [-0.2, 0) is 9.53 Å². The molecule has 1 aromatic rings. The Balaban J connectivity index is 1.96. The van der Waals surface area contributed by atoms with Crippen LogP contribution < -0.4 is 5.73 Å². The van der Waals surface area contributed by atoms with Crippen LogP contribution >= 0.6 is 11.8 Å². The Morgan fingerprint density at radius 1 is 1.63 bits per heavy atom. The Labute approximate surface area is 116 Å². The molecule has 6 heteroatoms. The minimum Gasteiger partial charge on any atom is -0.469 e. The molecule has 1 aliphatic rings. The number of ether oxygens (including phenoxy) is 1. The minimum atomic E-state index is -0.166. The average molecular weight is 277 g/mol. The van der Waals surface area contributed by atoms with Gasteiger partial charge in [-0.25, -0.2) is 4.98 Å². The lowest BCUT2D eigenvalue weighted by molar-refractivity contribution is -0.141. The summed E-state index contributed by atoms with van der Waals surface area (Å²) >= 11 is 1.56. The maximum absolute atomic E-state index is 11.3. The first kappa shape index (κ1) is 13.7. The molecular formula is C13H15N3O2S. The third-order valence-electron chi connectivity index (χ3n) is 3.24. The largest absolute Gasteiger partial charge is 0.469 e. The first-order valence-electron chi connectivity index (χ1n) is 5.95. The fourth-order valence-corrected chi connectivity index (χ4v) is 2.94. The van der Waals surface area contributed by atoms with Crippen molar-refractivity contribution >= 4 is 23.4 Å². The lowest BCUT2D eigenvalue weighted by Gasteiger charge is -2.12. The number of methoxy groups -OCH3 is 1. The summed E-state index contributed by atoms with van der Waals surface area (Å²) in [5, 5.41) is 9.64. The molecule has 0 unspecified atom stereocenters. The maximum atomic E-state index is 11.3. The number of nitrogen functional groups attached to an aromatic ring is 1. The van der Waals surface area contributed by atoms with Crippen molar-refractivity contribution in [3.05, 3.63) is 17.8 Å². The van der Waals surface area contributed by atoms with Crippen molar-refractivity contribution in [1.29, 1.82) is 5.26 Å². The maximum Gasteiger partial charge on any atom is 0.306 e. The van der Waals surface area contributed by atoms with Crippen molar-refractivity contribution in [2.24, 2.45) is 5.41 Å². The molecule has 0 amide bonds. The van der Waals surface area contributed by atoms with Crippen molar-refractivity contribution in [2.75, 3.05) is 18.6 Å². The number of pyridine rings is 1. The molecule has 0 spiro atoms. The van der Waals surface area contributed by atoms with Gasteiger partial charge in [0.1, 0.15) is 6.07 Å². The van der Waals surface area contributed by atoms with E-state index in [2.05, 4.69) is 4.98 Å². The number of esters is 1. The third-order valence-corrected chi connectivity index (χ3v) is 4.52. The zero-order chi connectivity index (χ0) is 13.9. The number of nitriles is 1. The normalized spacial score (nSPS) is 15.6. The molecule has 5 nitrogen and oxygen atoms in total. The molecule has 0 atom stereocenters. The summed E-state index contributed by atoms with van der Waals surface area (Å²) in [6.45, 7) is 0. The zero-order valence-corrected chi connectivity index (χ0v) is 11.5. The van der Waals surface area contributed by atoms with Gasteiger partial charge in [-0.3, -0.25) is 4.79 Å². The molecular weight excluding hydrogens is 262 g/mol. The summed E-state index contributed by atoms with van der Waals surface area (Å²) in [4.78, 5) is 15.5. The number of nitrogens with two attached hydrogens (primary N) is 1. The molecule has 100 valence electrons. The van der Waals surface area contributed by atoms with Gasteiger partial charge in [0.05, 0.1) is 24.2 Å². The fourth-order valence-electron chi connectivity index (χ4n) is 1.78. The molecule has 1 saturated carbocycles. The number of carbonyl (C=O) groups excluding carboxylic acids is 1. The second-order valence-corrected chi connectivity index (χ2v) is 5.74. The number of hydrogen-bond acceptors (Lipinski definition) is 6. The van der Waals surface area contributed by atoms with E-state index in [4.69, 9.17) is 15.7 Å². The SMILES string of the molecule is COC(=O)CC1(CSc2ccc(N)c(C#N)n2)CC1. The number of nitrogens with zero attached hydrogens (tertiary/aromatic N) is 2. The molecule has 1 aliphatic carbocycles. The van der Waals surface area contributed by atoms with Gasteiger partial charge in [-0.15, -0.1) is 11.8 Å². The number of anilines is 1. The van der Waals surface area contributed by atoms with Crippen LogP contribution in [0.1, 0.15) is 25.0 Å². The molecule has 0 aliphatic heterocycles. The van der Waals surface area contributed by atoms with Gasteiger partial charge in [0.15, 0.2) is 5.69 Å². The van der Waals surface area contributed by atoms with E-state index in [1.165, 1.54) is 7.11 Å². The van der Waals surface area contributed by atoms with Crippen LogP contribution in [0, 0.1) is 16.7 Å². The summed E-state index contributed by atoms with van der Waals surface area (Å²) in [6.07, 6.45) is 2.53. The van der Waals surface area contributed by atoms with Gasteiger partial charge < -0.3 is 10.5 Å². The van der Waals surface area contributed by atoms with Crippen molar-refractivity contribution in [2.45, 2.75) is 24.3 Å². The van der Waals surface area contributed by atoms with Gasteiger partial charge in [-0.05, 0) is 30.4 Å². The van der Waals surface area contributed by atoms with E-state index in [1.807, 2.05) is 6.07 Å². The van der Waals surface area contributed by atoms with Gasteiger partial charge >= 0.3 is 5.97 Å². The molecule has 1 heterocycles. The second-order valence-electron chi connectivity index (χ2n) is 4.74. The van der Waals surface area contributed by atoms with E-state index in [0.717, 1.165) is 23.6 Å². The first-order valence-corrected chi connectivity index (χ1v) is 6.93. The number of thioether (sulfide) groups is 1. The van der Waals surface area contributed by atoms with Crippen LogP contribution in [0.25, 0.3) is 0 Å². The van der Waals surface area contributed by atoms with E-state index >= 15 is 0 Å². The molecule has 19 heavy (non-hydrogen) atoms. The Hall–Kier alpha value is -1.74. The van der Waals surface area contributed by atoms with E-state index in [1.54, 1.807) is 23.9 Å². The topological polar surface area (TPSA) is 89.0 Å². The van der Waals surface area contributed by atoms with Crippen LogP contribution in [0.4, 0.5) is 5.69 Å². The van der Waals surface area contributed by atoms with Crippen LogP contribution in [-0.4, -0.2) is 23.8 Å². The summed E-state index contributed by atoms with van der Waals surface area (Å²) in [6, 6.07) is 5.46. The Kier molecular flexibility index (Phi) is 3.96. The van der Waals surface area contributed by atoms with Crippen molar-refractivity contribution in [3.8, 4) is 6.07 Å². The number of aromatic nitrogens is 1. The quantitative estimate of drug-likeness (QED) is 0.654. The molecule has 1 fully saturated rings. The van der Waals surface area contributed by atoms with Gasteiger partial charge in [-0.1, -0.05) is 0 Å². The van der Waals surface area contributed by atoms with Crippen LogP contribution in [0.5, 0.6) is 0 Å². The van der Waals surface area contributed by atoms with Gasteiger partial charge in [-0.2, -0.15) is 5.26 Å². The van der Waals surface area contributed by atoms with Crippen LogP contribution in [0.2, 0.25) is 0 Å². The predicted octanol–water partition coefficient (Wildman–Crippen LogP) is 1.97. The summed E-state index contributed by atoms with van der Waals surface area (Å²) in [5.74, 6) is 0.644. The number of hydrogen-bond donors (Lipinski definition) is 1. The van der Waals surface area contributed by atoms with Gasteiger partial charge in [0.2, 0.25) is 0 Å². The zero-order valence-electron chi connectivity index (χ0n) is 10.7. The van der Waals surface area contributed by atoms with Crippen molar-refractivity contribution in [1.82, 2.24) is 4.98 Å². The summed E-state index contributed by atoms with van der Waals surface area (Å²) in [7, 11) is 1.41. The third kappa shape index (κ3) is 3.38. The average Bonchev–Trinajstić information content (AvgIpc) is 3.17. The lowest BCUT2D eigenvalue weighted by Crippen LogP contribution is -2.13. The Morgan fingerprint density at radius 3 is 2.95 bits per heavy atom. The predicted molar refractivity (Wildman–Crippen MR) is 72.4 cm³/mol. The second kappa shape index (κ2) is 5.49. The van der Waals surface area contributed by atoms with E-state index in [9.17, 15) is 4.79 Å². The van der Waals surface area contributed by atoms with Crippen molar-refractivity contribution in [3.63, 3.8) is 0 Å². The molecule has 2 rings (SSSR count). The summed E-state index contributed by atoms with van der Waals surface area (Å²) in [5.41, 5.74) is 6.32. The van der Waals surface area contributed by atoms with E-state index in [0.29, 0.717) is 12.1 Å². The molecule has 0 saturated heterocycles. The molecule has 1 aromatic heterocycles. The summed E-state index contributed by atoms with van der Waals surface area (Å²) < 4.78 is 4.71. The fraction of sp³-hybridized carbons (Fsp3) is 0.462. The smallest absolute Gasteiger partial charge is 0.306 e. The number of carbonyl (C=O) groups is 1. The standard InChI is InChI=1S/C13H15N3O2S/c1-18-12(17)6-13(4-5-13)8-19-11-3-2-9(15)10(7-14)16-11/h2-3H,4-6,8,15H2,1H3. The lowest BCUT2D eigenvalue weighted by atomic mass is 10.1. The highest BCUT2D eigenvalue weighted by Crippen LogP contribution is 2.52. The molecule has 2 N–H and O–H groups in total. The highest BCUT2D eigenvalue weighted by molar-refractivity contribution is 7.99. The van der Waals surface area contributed by atoms with Crippen LogP contribution in [0.15, 0.2) is 17.2 Å². The van der Waals surface area contributed by atoms with E-state index in [-0.39, 0.29) is 17.1 Å². The number of rotatable bonds is 5. The molecule has 0 bridgehead atoms.